The van der Waals surface area contributed by atoms with Crippen LogP contribution in [0, 0.1) is 29.1 Å². The Morgan fingerprint density at radius 3 is 2.50 bits per heavy atom. The van der Waals surface area contributed by atoms with Gasteiger partial charge in [-0.3, -0.25) is 14.6 Å². The molecule has 5 heteroatoms. The second-order valence-corrected chi connectivity index (χ2v) is 8.79. The molecule has 1 saturated heterocycles. The number of pyridine rings is 1. The van der Waals surface area contributed by atoms with Crippen molar-refractivity contribution in [3.05, 3.63) is 60.4 Å². The number of aromatic nitrogens is 1. The quantitative estimate of drug-likeness (QED) is 0.615. The minimum absolute atomic E-state index is 0.00157. The van der Waals surface area contributed by atoms with Gasteiger partial charge in [0, 0.05) is 17.7 Å². The Bertz CT molecular complexity index is 970. The smallest absolute Gasteiger partial charge is 0.322 e. The van der Waals surface area contributed by atoms with E-state index in [4.69, 9.17) is 10.5 Å². The molecule has 1 aliphatic heterocycles. The van der Waals surface area contributed by atoms with Crippen molar-refractivity contribution in [2.24, 2.45) is 34.8 Å². The molecule has 0 spiro atoms. The van der Waals surface area contributed by atoms with Crippen LogP contribution in [0.5, 0.6) is 0 Å². The lowest BCUT2D eigenvalue weighted by Gasteiger charge is -2.45. The maximum Gasteiger partial charge on any atom is 0.322 e. The normalized spacial score (nSPS) is 33.3. The number of benzene rings is 1. The summed E-state index contributed by atoms with van der Waals surface area (Å²) in [7, 11) is 0. The first-order chi connectivity index (χ1) is 14.3. The largest absolute Gasteiger partial charge is 0.461 e. The average molecular weight is 405 g/mol. The highest BCUT2D eigenvalue weighted by molar-refractivity contribution is 6.04. The van der Waals surface area contributed by atoms with Gasteiger partial charge in [0.15, 0.2) is 5.41 Å². The fourth-order valence-corrected chi connectivity index (χ4v) is 5.32. The number of ether oxygens (including phenoxy) is 1. The van der Waals surface area contributed by atoms with Crippen LogP contribution in [-0.4, -0.2) is 23.0 Å². The van der Waals surface area contributed by atoms with Gasteiger partial charge >= 0.3 is 5.97 Å². The fourth-order valence-electron chi connectivity index (χ4n) is 5.32. The zero-order valence-electron chi connectivity index (χ0n) is 17.6. The molecule has 6 atom stereocenters. The molecule has 2 aliphatic rings. The van der Waals surface area contributed by atoms with E-state index in [1.165, 1.54) is 0 Å². The fraction of sp³-hybridized carbons (Fsp3) is 0.400. The first-order valence-corrected chi connectivity index (χ1v) is 10.5. The monoisotopic (exact) mass is 404 g/mol. The second kappa shape index (κ2) is 7.71. The molecule has 4 rings (SSSR count). The van der Waals surface area contributed by atoms with Crippen molar-refractivity contribution < 1.29 is 14.3 Å². The molecule has 0 unspecified atom stereocenters. The number of amides is 1. The summed E-state index contributed by atoms with van der Waals surface area (Å²) in [5.74, 6) is -0.819. The third-order valence-electron chi connectivity index (χ3n) is 7.12. The topological polar surface area (TPSA) is 82.3 Å². The van der Waals surface area contributed by atoms with E-state index in [0.717, 1.165) is 16.8 Å². The zero-order valence-corrected chi connectivity index (χ0v) is 17.6. The Balaban J connectivity index is 1.63. The summed E-state index contributed by atoms with van der Waals surface area (Å²) >= 11 is 0. The minimum Gasteiger partial charge on any atom is -0.461 e. The van der Waals surface area contributed by atoms with Gasteiger partial charge in [-0.25, -0.2) is 0 Å². The number of esters is 1. The Morgan fingerprint density at radius 1 is 1.13 bits per heavy atom. The Morgan fingerprint density at radius 2 is 1.87 bits per heavy atom. The van der Waals surface area contributed by atoms with Gasteiger partial charge in [-0.05, 0) is 48.8 Å². The van der Waals surface area contributed by atoms with Crippen LogP contribution in [-0.2, 0) is 14.3 Å². The summed E-state index contributed by atoms with van der Waals surface area (Å²) in [6.07, 6.45) is 6.04. The summed E-state index contributed by atoms with van der Waals surface area (Å²) in [6, 6.07) is 14.1. The summed E-state index contributed by atoms with van der Waals surface area (Å²) in [5, 5.41) is 0. The van der Waals surface area contributed by atoms with Gasteiger partial charge in [-0.1, -0.05) is 56.3 Å². The van der Waals surface area contributed by atoms with Crippen molar-refractivity contribution in [3.63, 3.8) is 0 Å². The van der Waals surface area contributed by atoms with E-state index in [1.807, 2.05) is 49.5 Å². The zero-order chi connectivity index (χ0) is 21.5. The second-order valence-electron chi connectivity index (χ2n) is 8.79. The Hall–Kier alpha value is -2.95. The molecular formula is C25H28N2O3. The summed E-state index contributed by atoms with van der Waals surface area (Å²) < 4.78 is 5.53. The highest BCUT2D eigenvalue weighted by atomic mass is 16.6. The number of fused-ring (bicyclic) bond motifs is 1. The molecule has 2 aromatic rings. The predicted molar refractivity (Wildman–Crippen MR) is 116 cm³/mol. The molecule has 156 valence electrons. The van der Waals surface area contributed by atoms with Crippen LogP contribution >= 0.6 is 0 Å². The number of hydrogen-bond acceptors (Lipinski definition) is 4. The number of nitrogens with two attached hydrogens (primary N) is 1. The molecule has 1 saturated carbocycles. The molecule has 0 bridgehead atoms. The van der Waals surface area contributed by atoms with Crippen molar-refractivity contribution in [1.82, 2.24) is 4.98 Å². The lowest BCUT2D eigenvalue weighted by Crippen LogP contribution is -2.54. The van der Waals surface area contributed by atoms with Crippen molar-refractivity contribution in [1.29, 1.82) is 0 Å². The van der Waals surface area contributed by atoms with Gasteiger partial charge in [-0.15, -0.1) is 0 Å². The first-order valence-electron chi connectivity index (χ1n) is 10.5. The van der Waals surface area contributed by atoms with E-state index in [-0.39, 0.29) is 23.9 Å². The van der Waals surface area contributed by atoms with Gasteiger partial charge in [0.2, 0.25) is 5.91 Å². The number of allylic oxidation sites excluding steroid dienone is 1. The minimum atomic E-state index is -1.23. The van der Waals surface area contributed by atoms with Gasteiger partial charge < -0.3 is 10.5 Å². The van der Waals surface area contributed by atoms with Gasteiger partial charge in [0.25, 0.3) is 0 Å². The van der Waals surface area contributed by atoms with Crippen molar-refractivity contribution in [3.8, 4) is 11.1 Å². The molecule has 30 heavy (non-hydrogen) atoms. The van der Waals surface area contributed by atoms with Gasteiger partial charge in [0.05, 0.1) is 5.69 Å². The van der Waals surface area contributed by atoms with Crippen molar-refractivity contribution in [2.45, 2.75) is 33.3 Å². The van der Waals surface area contributed by atoms with E-state index >= 15 is 0 Å². The molecule has 2 N–H and O–H groups in total. The van der Waals surface area contributed by atoms with Gasteiger partial charge in [-0.2, -0.15) is 0 Å². The highest BCUT2D eigenvalue weighted by Crippen LogP contribution is 2.56. The maximum atomic E-state index is 12.7. The molecule has 1 aliphatic carbocycles. The summed E-state index contributed by atoms with van der Waals surface area (Å²) in [5.41, 5.74) is 7.55. The molecule has 2 fully saturated rings. The van der Waals surface area contributed by atoms with Crippen molar-refractivity contribution in [2.75, 3.05) is 0 Å². The molecule has 1 aromatic carbocycles. The van der Waals surface area contributed by atoms with Crippen LogP contribution < -0.4 is 5.73 Å². The molecule has 2 heterocycles. The molecule has 1 aromatic heterocycles. The lowest BCUT2D eigenvalue weighted by atomic mass is 9.54. The number of primary amides is 1. The van der Waals surface area contributed by atoms with E-state index in [9.17, 15) is 9.59 Å². The molecular weight excluding hydrogens is 376 g/mol. The predicted octanol–water partition coefficient (Wildman–Crippen LogP) is 4.09. The standard InChI is InChI=1S/C25H28N2O3/c1-15-13-25(23(26)28)22(17(3)30-24(25)29)21(16(15)2)12-11-20-10-9-19(14-27-20)18-7-5-4-6-8-18/h4-12,14-17,21-22H,13H2,1-3H3,(H2,26,28)/b12-11+/t15-,16+,17+,21-,22-,25+/m0/s1. The number of carbonyl (C=O) groups is 2. The van der Waals surface area contributed by atoms with E-state index < -0.39 is 17.3 Å². The van der Waals surface area contributed by atoms with Crippen LogP contribution in [0.2, 0.25) is 0 Å². The van der Waals surface area contributed by atoms with E-state index in [2.05, 4.69) is 37.0 Å². The Kier molecular flexibility index (Phi) is 5.22. The molecule has 0 radical (unpaired) electrons. The lowest BCUT2D eigenvalue weighted by molar-refractivity contribution is -0.156. The van der Waals surface area contributed by atoms with Crippen LogP contribution in [0.3, 0.4) is 0 Å². The number of hydrogen-bond donors (Lipinski definition) is 1. The number of carbonyl (C=O) groups excluding carboxylic acids is 2. The van der Waals surface area contributed by atoms with Gasteiger partial charge in [0.1, 0.15) is 6.10 Å². The number of cyclic esters (lactones) is 1. The summed E-state index contributed by atoms with van der Waals surface area (Å²) in [6.45, 7) is 6.12. The third kappa shape index (κ3) is 3.22. The maximum absolute atomic E-state index is 12.7. The van der Waals surface area contributed by atoms with E-state index in [1.54, 1.807) is 0 Å². The van der Waals surface area contributed by atoms with Crippen LogP contribution in [0.1, 0.15) is 32.9 Å². The van der Waals surface area contributed by atoms with E-state index in [0.29, 0.717) is 12.3 Å². The SMILES string of the molecule is C[C@H]1[C@H](/C=C/c2ccc(-c3ccccc3)cn2)[C@@H]2[C@@H](C)OC(=O)[C@]2(C(N)=O)C[C@@H]1C. The summed E-state index contributed by atoms with van der Waals surface area (Å²) in [4.78, 5) is 29.7. The van der Waals surface area contributed by atoms with Crippen molar-refractivity contribution >= 4 is 18.0 Å². The average Bonchev–Trinajstić information content (AvgIpc) is 3.00. The molecule has 5 nitrogen and oxygen atoms in total. The highest BCUT2D eigenvalue weighted by Gasteiger charge is 2.65. The number of rotatable bonds is 4. The number of nitrogens with zero attached hydrogens (tertiary/aromatic N) is 1. The van der Waals surface area contributed by atoms with Crippen LogP contribution in [0.4, 0.5) is 0 Å². The first kappa shape index (κ1) is 20.3. The van der Waals surface area contributed by atoms with Crippen LogP contribution in [0.15, 0.2) is 54.7 Å². The van der Waals surface area contributed by atoms with Crippen LogP contribution in [0.25, 0.3) is 17.2 Å². The third-order valence-corrected chi connectivity index (χ3v) is 7.12. The molecule has 1 amide bonds. The Labute approximate surface area is 177 Å².